The first-order valence-corrected chi connectivity index (χ1v) is 12.2. The molecular formula is C24H36FNO8. The first-order valence-electron chi connectivity index (χ1n) is 12.2. The molecular weight excluding hydrogens is 449 g/mol. The van der Waals surface area contributed by atoms with Gasteiger partial charge in [-0.05, 0) is 43.4 Å². The summed E-state index contributed by atoms with van der Waals surface area (Å²) >= 11 is 0. The van der Waals surface area contributed by atoms with Crippen molar-refractivity contribution in [3.05, 3.63) is 0 Å². The zero-order valence-corrected chi connectivity index (χ0v) is 20.5. The van der Waals surface area contributed by atoms with Crippen LogP contribution in [0.25, 0.3) is 0 Å². The summed E-state index contributed by atoms with van der Waals surface area (Å²) in [6.45, 7) is 9.97. The normalized spacial score (nSPS) is 44.3. The molecule has 4 aliphatic rings. The van der Waals surface area contributed by atoms with Crippen LogP contribution in [0.15, 0.2) is 0 Å². The Balaban J connectivity index is 1.38. The van der Waals surface area contributed by atoms with Crippen LogP contribution in [-0.4, -0.2) is 59.5 Å². The van der Waals surface area contributed by atoms with Crippen LogP contribution in [0, 0.1) is 28.6 Å². The van der Waals surface area contributed by atoms with Gasteiger partial charge in [0.05, 0.1) is 6.10 Å². The molecule has 34 heavy (non-hydrogen) atoms. The highest BCUT2D eigenvalue weighted by Crippen LogP contribution is 2.68. The van der Waals surface area contributed by atoms with Gasteiger partial charge in [0.2, 0.25) is 12.0 Å². The van der Waals surface area contributed by atoms with E-state index in [0.29, 0.717) is 12.3 Å². The van der Waals surface area contributed by atoms with Gasteiger partial charge in [-0.25, -0.2) is 18.8 Å². The number of rotatable bonds is 8. The van der Waals surface area contributed by atoms with Crippen molar-refractivity contribution in [1.82, 2.24) is 0 Å². The number of aliphatic carboxylic acids is 1. The minimum absolute atomic E-state index is 0.00639. The lowest BCUT2D eigenvalue weighted by Gasteiger charge is -2.38. The number of carboxylic acids is 1. The Morgan fingerprint density at radius 2 is 1.82 bits per heavy atom. The number of esters is 1. The first kappa shape index (κ1) is 25.2. The first-order chi connectivity index (χ1) is 15.7. The number of halogens is 1. The summed E-state index contributed by atoms with van der Waals surface area (Å²) in [6.07, 6.45) is -0.0639. The summed E-state index contributed by atoms with van der Waals surface area (Å²) in [4.78, 5) is 37.0. The van der Waals surface area contributed by atoms with Gasteiger partial charge in [0.15, 0.2) is 0 Å². The summed E-state index contributed by atoms with van der Waals surface area (Å²) in [5, 5.41) is 9.32. The van der Waals surface area contributed by atoms with Gasteiger partial charge in [0.1, 0.15) is 11.6 Å². The van der Waals surface area contributed by atoms with Crippen LogP contribution in [-0.2, 0) is 28.5 Å². The van der Waals surface area contributed by atoms with Crippen LogP contribution >= 0.6 is 0 Å². The number of alkyl halides is 1. The molecule has 0 aromatic rings. The van der Waals surface area contributed by atoms with Crippen molar-refractivity contribution in [3.8, 4) is 0 Å². The highest BCUT2D eigenvalue weighted by Gasteiger charge is 2.85. The van der Waals surface area contributed by atoms with E-state index < -0.39 is 53.5 Å². The Hall–Kier alpha value is -1.94. The quantitative estimate of drug-likeness (QED) is 0.392. The molecule has 10 heteroatoms. The largest absolute Gasteiger partial charge is 0.511 e. The highest BCUT2D eigenvalue weighted by atomic mass is 19.1. The Bertz CT molecular complexity index is 881. The average molecular weight is 486 g/mol. The molecule has 0 spiro atoms. The van der Waals surface area contributed by atoms with E-state index in [1.54, 1.807) is 0 Å². The molecule has 0 aromatic carbocycles. The number of hydrogen-bond donors (Lipinski definition) is 2. The van der Waals surface area contributed by atoms with E-state index in [1.807, 2.05) is 6.92 Å². The number of carbonyl (C=O) groups excluding carboxylic acids is 2. The molecule has 0 aromatic heterocycles. The predicted octanol–water partition coefficient (Wildman–Crippen LogP) is 3.18. The molecule has 0 saturated heterocycles. The van der Waals surface area contributed by atoms with Gasteiger partial charge in [0, 0.05) is 30.8 Å². The van der Waals surface area contributed by atoms with Crippen molar-refractivity contribution >= 4 is 18.1 Å². The second-order valence-corrected chi connectivity index (χ2v) is 11.2. The fourth-order valence-electron chi connectivity index (χ4n) is 6.92. The molecule has 4 aliphatic carbocycles. The van der Waals surface area contributed by atoms with Crippen molar-refractivity contribution in [2.75, 3.05) is 6.61 Å². The van der Waals surface area contributed by atoms with Crippen molar-refractivity contribution < 1.29 is 42.8 Å². The predicted molar refractivity (Wildman–Crippen MR) is 116 cm³/mol. The third kappa shape index (κ3) is 3.35. The maximum atomic E-state index is 15.0. The maximum absolute atomic E-state index is 15.0. The Morgan fingerprint density at radius 3 is 2.35 bits per heavy atom. The third-order valence-electron chi connectivity index (χ3n) is 9.49. The molecule has 0 heterocycles. The van der Waals surface area contributed by atoms with Gasteiger partial charge in [-0.15, -0.1) is 0 Å². The molecule has 3 N–H and O–H groups in total. The molecule has 9 nitrogen and oxygen atoms in total. The fourth-order valence-corrected chi connectivity index (χ4v) is 6.92. The number of carboxylic acid groups (broad SMARTS) is 1. The van der Waals surface area contributed by atoms with Crippen molar-refractivity contribution in [2.45, 2.75) is 96.4 Å². The lowest BCUT2D eigenvalue weighted by Crippen LogP contribution is -2.61. The number of carbonyl (C=O) groups is 3. The molecule has 4 rings (SSSR count). The van der Waals surface area contributed by atoms with E-state index in [-0.39, 0.29) is 30.0 Å². The number of fused-ring (bicyclic) bond motifs is 3. The second-order valence-electron chi connectivity index (χ2n) is 11.2. The topological polar surface area (TPSA) is 134 Å². The summed E-state index contributed by atoms with van der Waals surface area (Å²) in [5.41, 5.74) is 1.59. The maximum Gasteiger partial charge on any atom is 0.511 e. The minimum atomic E-state index is -2.60. The summed E-state index contributed by atoms with van der Waals surface area (Å²) in [7, 11) is 0. The minimum Gasteiger partial charge on any atom is -0.479 e. The van der Waals surface area contributed by atoms with Gasteiger partial charge in [0.25, 0.3) is 0 Å². The van der Waals surface area contributed by atoms with Crippen LogP contribution in [0.3, 0.4) is 0 Å². The SMILES string of the molecule is CCCO[C@@H]1C[C@@H]2[C@H]([C@]1(N)C(=O)OC(C)OC(=O)O[C@@H]1C[C@@H]3CC[C@@]1(C)C3(C)C)[C@@]2(F)C(=O)O. The Morgan fingerprint density at radius 1 is 1.15 bits per heavy atom. The number of ether oxygens (including phenoxy) is 4. The standard InChI is InChI=1S/C24H36FNO8/c1-6-9-31-16-11-14-17(23(14,25)18(27)28)24(16,26)19(29)32-12(2)33-20(30)34-15-10-13-7-8-22(15,5)21(13,3)4/h12-17H,6-11,26H2,1-5H3,(H,27,28)/t12?,13-,14+,15+,16+,17-,22+,23+,24-/m0/s1. The van der Waals surface area contributed by atoms with E-state index in [1.165, 1.54) is 6.92 Å². The molecule has 1 unspecified atom stereocenters. The van der Waals surface area contributed by atoms with E-state index in [9.17, 15) is 23.9 Å². The molecule has 0 amide bonds. The molecule has 9 atom stereocenters. The summed E-state index contributed by atoms with van der Waals surface area (Å²) in [5.74, 6) is -4.47. The zero-order chi connectivity index (χ0) is 25.3. The lowest BCUT2D eigenvalue weighted by molar-refractivity contribution is -0.183. The zero-order valence-electron chi connectivity index (χ0n) is 20.5. The Labute approximate surface area is 198 Å². The van der Waals surface area contributed by atoms with Gasteiger partial charge in [-0.1, -0.05) is 27.7 Å². The summed E-state index contributed by atoms with van der Waals surface area (Å²) in [6, 6.07) is 0. The van der Waals surface area contributed by atoms with Crippen LogP contribution in [0.5, 0.6) is 0 Å². The van der Waals surface area contributed by atoms with E-state index >= 15 is 0 Å². The van der Waals surface area contributed by atoms with Crippen molar-refractivity contribution in [1.29, 1.82) is 0 Å². The van der Waals surface area contributed by atoms with Crippen LogP contribution in [0.2, 0.25) is 0 Å². The molecule has 192 valence electrons. The lowest BCUT2D eigenvalue weighted by atomic mass is 9.70. The van der Waals surface area contributed by atoms with Gasteiger partial charge in [-0.3, -0.25) is 0 Å². The van der Waals surface area contributed by atoms with Gasteiger partial charge < -0.3 is 29.8 Å². The summed E-state index contributed by atoms with van der Waals surface area (Å²) < 4.78 is 36.7. The van der Waals surface area contributed by atoms with Crippen molar-refractivity contribution in [2.24, 2.45) is 34.3 Å². The van der Waals surface area contributed by atoms with E-state index in [4.69, 9.17) is 24.7 Å². The average Bonchev–Trinajstić information content (AvgIpc) is 3.03. The fraction of sp³-hybridized carbons (Fsp3) is 0.875. The molecule has 0 aliphatic heterocycles. The molecule has 4 fully saturated rings. The third-order valence-corrected chi connectivity index (χ3v) is 9.49. The Kier molecular flexibility index (Phi) is 5.95. The van der Waals surface area contributed by atoms with E-state index in [2.05, 4.69) is 20.8 Å². The highest BCUT2D eigenvalue weighted by molar-refractivity contribution is 5.91. The van der Waals surface area contributed by atoms with Gasteiger partial charge >= 0.3 is 18.1 Å². The van der Waals surface area contributed by atoms with E-state index in [0.717, 1.165) is 19.3 Å². The van der Waals surface area contributed by atoms with Crippen LogP contribution < -0.4 is 5.73 Å². The second kappa shape index (κ2) is 8.05. The van der Waals surface area contributed by atoms with Crippen LogP contribution in [0.4, 0.5) is 9.18 Å². The van der Waals surface area contributed by atoms with Gasteiger partial charge in [-0.2, -0.15) is 0 Å². The number of hydrogen-bond acceptors (Lipinski definition) is 8. The molecule has 2 bridgehead atoms. The monoisotopic (exact) mass is 485 g/mol. The molecule has 0 radical (unpaired) electrons. The number of nitrogens with two attached hydrogens (primary N) is 1. The van der Waals surface area contributed by atoms with Crippen LogP contribution in [0.1, 0.15) is 66.7 Å². The molecule has 4 saturated carbocycles. The smallest absolute Gasteiger partial charge is 0.479 e. The van der Waals surface area contributed by atoms with Crippen molar-refractivity contribution in [3.63, 3.8) is 0 Å².